The molecule has 0 saturated carbocycles. The van der Waals surface area contributed by atoms with Crippen molar-refractivity contribution in [3.8, 4) is 0 Å². The fourth-order valence-electron chi connectivity index (χ4n) is 2.43. The fraction of sp³-hybridized carbons (Fsp3) is 1.00. The third-order valence-electron chi connectivity index (χ3n) is 4.24. The Morgan fingerprint density at radius 3 is 2.19 bits per heavy atom. The lowest BCUT2D eigenvalue weighted by Crippen LogP contribution is -2.28. The van der Waals surface area contributed by atoms with Crippen LogP contribution < -0.4 is 0 Å². The molecule has 0 aromatic heterocycles. The number of ether oxygens (including phenoxy) is 3. The molecule has 0 fully saturated rings. The predicted octanol–water partition coefficient (Wildman–Crippen LogP) is 3.60. The Morgan fingerprint density at radius 2 is 1.62 bits per heavy atom. The zero-order valence-corrected chi connectivity index (χ0v) is 17.9. The van der Waals surface area contributed by atoms with Gasteiger partial charge in [0, 0.05) is 25.6 Å². The number of hydrogen-bond donors (Lipinski definition) is 0. The van der Waals surface area contributed by atoms with E-state index < -0.39 is 15.9 Å². The van der Waals surface area contributed by atoms with Crippen molar-refractivity contribution in [3.05, 3.63) is 0 Å². The first kappa shape index (κ1) is 25.8. The van der Waals surface area contributed by atoms with Gasteiger partial charge in [0.2, 0.25) is 0 Å². The van der Waals surface area contributed by atoms with Crippen molar-refractivity contribution in [2.75, 3.05) is 38.8 Å². The number of unbranched alkanes of at least 4 members (excludes halogenated alkanes) is 1. The van der Waals surface area contributed by atoms with Crippen LogP contribution in [0.25, 0.3) is 0 Å². The van der Waals surface area contributed by atoms with Gasteiger partial charge >= 0.3 is 0 Å². The summed E-state index contributed by atoms with van der Waals surface area (Å²) < 4.78 is 49.2. The highest BCUT2D eigenvalue weighted by Crippen LogP contribution is 2.13. The summed E-state index contributed by atoms with van der Waals surface area (Å²) in [5.41, 5.74) is 0. The third-order valence-corrected chi connectivity index (χ3v) is 5.02. The highest BCUT2D eigenvalue weighted by atomic mass is 32.2. The second-order valence-electron chi connectivity index (χ2n) is 7.32. The lowest BCUT2D eigenvalue weighted by atomic mass is 10.0. The maximum atomic E-state index is 10.7. The van der Waals surface area contributed by atoms with Crippen molar-refractivity contribution in [1.29, 1.82) is 0 Å². The van der Waals surface area contributed by atoms with Gasteiger partial charge in [0.15, 0.2) is 0 Å². The van der Waals surface area contributed by atoms with E-state index in [1.807, 2.05) is 0 Å². The standard InChI is InChI=1S/C19H40O6S/c1-5-7-9-18(6-2)14-24-16-19(15-23-12-10-17(3)4)25-11-8-13-26(20,21)22/h17-19H,5-16H2,1-4H3,(H,20,21,22)/p-1. The normalized spacial score (nSPS) is 14.7. The van der Waals surface area contributed by atoms with Gasteiger partial charge in [0.05, 0.1) is 23.3 Å². The quantitative estimate of drug-likeness (QED) is 0.260. The molecule has 2 unspecified atom stereocenters. The Bertz CT molecular complexity index is 410. The van der Waals surface area contributed by atoms with Gasteiger partial charge < -0.3 is 18.8 Å². The minimum absolute atomic E-state index is 0.197. The van der Waals surface area contributed by atoms with E-state index >= 15 is 0 Å². The molecule has 0 heterocycles. The molecule has 7 heteroatoms. The molecular formula is C19H39O6S-. The number of hydrogen-bond acceptors (Lipinski definition) is 6. The second kappa shape index (κ2) is 15.8. The minimum atomic E-state index is -4.19. The second-order valence-corrected chi connectivity index (χ2v) is 8.84. The monoisotopic (exact) mass is 395 g/mol. The highest BCUT2D eigenvalue weighted by Gasteiger charge is 2.13. The summed E-state index contributed by atoms with van der Waals surface area (Å²) in [7, 11) is -4.19. The molecule has 0 rings (SSSR count). The first-order valence-corrected chi connectivity index (χ1v) is 11.6. The van der Waals surface area contributed by atoms with Crippen LogP contribution in [0.2, 0.25) is 0 Å². The van der Waals surface area contributed by atoms with Crippen LogP contribution in [0, 0.1) is 11.8 Å². The molecule has 0 aliphatic carbocycles. The van der Waals surface area contributed by atoms with E-state index in [4.69, 9.17) is 14.2 Å². The average molecular weight is 396 g/mol. The fourth-order valence-corrected chi connectivity index (χ4v) is 2.90. The number of rotatable bonds is 18. The van der Waals surface area contributed by atoms with Gasteiger partial charge in [-0.25, -0.2) is 8.42 Å². The maximum Gasteiger partial charge on any atom is 0.104 e. The summed E-state index contributed by atoms with van der Waals surface area (Å²) in [5, 5.41) is 0. The van der Waals surface area contributed by atoms with Gasteiger partial charge in [-0.05, 0) is 31.1 Å². The van der Waals surface area contributed by atoms with Crippen LogP contribution in [-0.2, 0) is 24.3 Å². The Labute approximate surface area is 160 Å². The molecule has 6 nitrogen and oxygen atoms in total. The van der Waals surface area contributed by atoms with Crippen LogP contribution in [0.4, 0.5) is 0 Å². The largest absolute Gasteiger partial charge is 0.748 e. The predicted molar refractivity (Wildman–Crippen MR) is 103 cm³/mol. The molecule has 158 valence electrons. The summed E-state index contributed by atoms with van der Waals surface area (Å²) in [4.78, 5) is 0. The molecule has 0 aliphatic heterocycles. The molecule has 0 spiro atoms. The van der Waals surface area contributed by atoms with Crippen molar-refractivity contribution in [2.45, 2.75) is 72.3 Å². The van der Waals surface area contributed by atoms with Crippen LogP contribution in [0.15, 0.2) is 0 Å². The van der Waals surface area contributed by atoms with Crippen LogP contribution in [-0.4, -0.2) is 57.9 Å². The van der Waals surface area contributed by atoms with Crippen molar-refractivity contribution < 1.29 is 27.2 Å². The van der Waals surface area contributed by atoms with Crippen molar-refractivity contribution in [1.82, 2.24) is 0 Å². The van der Waals surface area contributed by atoms with Gasteiger partial charge in [-0.15, -0.1) is 0 Å². The van der Waals surface area contributed by atoms with Crippen LogP contribution >= 0.6 is 0 Å². The highest BCUT2D eigenvalue weighted by molar-refractivity contribution is 7.85. The molecule has 0 aromatic carbocycles. The van der Waals surface area contributed by atoms with E-state index in [1.165, 1.54) is 19.3 Å². The van der Waals surface area contributed by atoms with Crippen LogP contribution in [0.3, 0.4) is 0 Å². The van der Waals surface area contributed by atoms with E-state index in [0.29, 0.717) is 38.3 Å². The smallest absolute Gasteiger partial charge is 0.104 e. The van der Waals surface area contributed by atoms with E-state index in [0.717, 1.165) is 12.8 Å². The van der Waals surface area contributed by atoms with Gasteiger partial charge in [0.25, 0.3) is 0 Å². The molecule has 0 aliphatic rings. The Hall–Kier alpha value is -0.210. The Kier molecular flexibility index (Phi) is 15.7. The minimum Gasteiger partial charge on any atom is -0.748 e. The third kappa shape index (κ3) is 17.2. The summed E-state index contributed by atoms with van der Waals surface area (Å²) in [6, 6.07) is 0. The van der Waals surface area contributed by atoms with Crippen molar-refractivity contribution in [2.24, 2.45) is 11.8 Å². The van der Waals surface area contributed by atoms with Crippen LogP contribution in [0.5, 0.6) is 0 Å². The molecule has 0 amide bonds. The molecule has 26 heavy (non-hydrogen) atoms. The van der Waals surface area contributed by atoms with Gasteiger partial charge in [-0.3, -0.25) is 0 Å². The van der Waals surface area contributed by atoms with E-state index in [9.17, 15) is 13.0 Å². The summed E-state index contributed by atoms with van der Waals surface area (Å²) in [5.74, 6) is 0.740. The van der Waals surface area contributed by atoms with Crippen molar-refractivity contribution >= 4 is 10.1 Å². The molecule has 0 N–H and O–H groups in total. The Balaban J connectivity index is 4.20. The molecule has 0 bridgehead atoms. The van der Waals surface area contributed by atoms with Gasteiger partial charge in [0.1, 0.15) is 6.10 Å². The van der Waals surface area contributed by atoms with E-state index in [1.54, 1.807) is 0 Å². The topological polar surface area (TPSA) is 84.9 Å². The zero-order valence-electron chi connectivity index (χ0n) is 17.1. The molecule has 2 atom stereocenters. The lowest BCUT2D eigenvalue weighted by molar-refractivity contribution is -0.0659. The summed E-state index contributed by atoms with van der Waals surface area (Å²) >= 11 is 0. The lowest BCUT2D eigenvalue weighted by Gasteiger charge is -2.21. The maximum absolute atomic E-state index is 10.7. The Morgan fingerprint density at radius 1 is 0.923 bits per heavy atom. The van der Waals surface area contributed by atoms with Crippen molar-refractivity contribution in [3.63, 3.8) is 0 Å². The van der Waals surface area contributed by atoms with E-state index in [-0.39, 0.29) is 19.1 Å². The zero-order chi connectivity index (χ0) is 19.8. The summed E-state index contributed by atoms with van der Waals surface area (Å²) in [6.07, 6.45) is 5.61. The first-order valence-electron chi connectivity index (χ1n) is 9.99. The average Bonchev–Trinajstić information content (AvgIpc) is 2.56. The van der Waals surface area contributed by atoms with Gasteiger partial charge in [-0.2, -0.15) is 0 Å². The molecule has 0 saturated heterocycles. The molecule has 0 radical (unpaired) electrons. The van der Waals surface area contributed by atoms with Gasteiger partial charge in [-0.1, -0.05) is 47.0 Å². The van der Waals surface area contributed by atoms with Crippen LogP contribution in [0.1, 0.15) is 66.2 Å². The molecular weight excluding hydrogens is 356 g/mol. The van der Waals surface area contributed by atoms with E-state index in [2.05, 4.69) is 27.7 Å². The molecule has 0 aromatic rings. The SMILES string of the molecule is CCCCC(CC)COCC(COCCC(C)C)OCCCS(=O)(=O)[O-]. The first-order chi connectivity index (χ1) is 12.3. The summed E-state index contributed by atoms with van der Waals surface area (Å²) in [6.45, 7) is 11.1.